The summed E-state index contributed by atoms with van der Waals surface area (Å²) in [6, 6.07) is 6.33. The van der Waals surface area contributed by atoms with Gasteiger partial charge in [-0.3, -0.25) is 5.10 Å². The van der Waals surface area contributed by atoms with Crippen LogP contribution in [0.4, 0.5) is 8.78 Å². The zero-order valence-corrected chi connectivity index (χ0v) is 13.3. The number of fused-ring (bicyclic) bond motifs is 2. The van der Waals surface area contributed by atoms with Crippen molar-refractivity contribution in [2.24, 2.45) is 0 Å². The van der Waals surface area contributed by atoms with Crippen molar-refractivity contribution >= 4 is 28.2 Å². The van der Waals surface area contributed by atoms with E-state index in [4.69, 9.17) is 11.6 Å². The standard InChI is InChI=1S/C16H12ClF2N5/c1-2-12-21-13-4-3-10(16(18)19)15(24(13)23-12)8-5-9-7-20-22-14(9)11(17)6-8/h3-7,16H,2H2,1H3,(H,20,22). The molecule has 3 aromatic heterocycles. The van der Waals surface area contributed by atoms with Crippen molar-refractivity contribution in [3.05, 3.63) is 46.9 Å². The molecule has 8 heteroatoms. The Labute approximate surface area is 140 Å². The van der Waals surface area contributed by atoms with Crippen LogP contribution in [0.3, 0.4) is 0 Å². The number of benzene rings is 1. The molecule has 1 aromatic carbocycles. The fourth-order valence-corrected chi connectivity index (χ4v) is 3.04. The first kappa shape index (κ1) is 15.0. The van der Waals surface area contributed by atoms with Gasteiger partial charge in [0.15, 0.2) is 11.5 Å². The van der Waals surface area contributed by atoms with E-state index in [2.05, 4.69) is 20.3 Å². The minimum Gasteiger partial charge on any atom is -0.276 e. The topological polar surface area (TPSA) is 58.9 Å². The highest BCUT2D eigenvalue weighted by atomic mass is 35.5. The molecule has 0 bridgehead atoms. The zero-order chi connectivity index (χ0) is 16.8. The lowest BCUT2D eigenvalue weighted by Gasteiger charge is -2.11. The number of hydrogen-bond donors (Lipinski definition) is 1. The quantitative estimate of drug-likeness (QED) is 0.596. The lowest BCUT2D eigenvalue weighted by atomic mass is 10.0. The van der Waals surface area contributed by atoms with E-state index in [1.54, 1.807) is 24.4 Å². The predicted molar refractivity (Wildman–Crippen MR) is 87.4 cm³/mol. The molecule has 0 fully saturated rings. The molecular weight excluding hydrogens is 336 g/mol. The first-order chi connectivity index (χ1) is 11.6. The van der Waals surface area contributed by atoms with E-state index in [1.807, 2.05) is 6.92 Å². The number of H-pyrrole nitrogens is 1. The molecule has 0 aliphatic heterocycles. The summed E-state index contributed by atoms with van der Waals surface area (Å²) in [5.41, 5.74) is 1.91. The number of pyridine rings is 1. The molecule has 1 N–H and O–H groups in total. The van der Waals surface area contributed by atoms with E-state index in [0.29, 0.717) is 39.7 Å². The molecule has 5 nitrogen and oxygen atoms in total. The number of aromatic amines is 1. The molecule has 0 amide bonds. The zero-order valence-electron chi connectivity index (χ0n) is 12.6. The Balaban J connectivity index is 2.08. The second-order valence-corrected chi connectivity index (χ2v) is 5.79. The number of aromatic nitrogens is 5. The Bertz CT molecular complexity index is 1050. The summed E-state index contributed by atoms with van der Waals surface area (Å²) in [5, 5.41) is 12.2. The summed E-state index contributed by atoms with van der Waals surface area (Å²) >= 11 is 6.26. The molecular formula is C16H12ClF2N5. The molecule has 0 unspecified atom stereocenters. The highest BCUT2D eigenvalue weighted by Gasteiger charge is 2.20. The van der Waals surface area contributed by atoms with Crippen molar-refractivity contribution in [3.63, 3.8) is 0 Å². The lowest BCUT2D eigenvalue weighted by Crippen LogP contribution is -2.01. The molecule has 3 heterocycles. The third kappa shape index (κ3) is 2.24. The van der Waals surface area contributed by atoms with Crippen LogP contribution in [0.25, 0.3) is 27.8 Å². The largest absolute Gasteiger partial charge is 0.276 e. The maximum atomic E-state index is 13.6. The third-order valence-electron chi connectivity index (χ3n) is 3.90. The van der Waals surface area contributed by atoms with Gasteiger partial charge in [0.25, 0.3) is 6.43 Å². The Hall–Kier alpha value is -2.54. The van der Waals surface area contributed by atoms with Crippen LogP contribution < -0.4 is 0 Å². The molecule has 0 aliphatic carbocycles. The van der Waals surface area contributed by atoms with E-state index >= 15 is 0 Å². The average Bonchev–Trinajstić information content (AvgIpc) is 3.19. The van der Waals surface area contributed by atoms with Gasteiger partial charge in [-0.15, -0.1) is 0 Å². The second-order valence-electron chi connectivity index (χ2n) is 5.38. The monoisotopic (exact) mass is 347 g/mol. The van der Waals surface area contributed by atoms with Gasteiger partial charge in [-0.2, -0.15) is 10.2 Å². The highest BCUT2D eigenvalue weighted by molar-refractivity contribution is 6.35. The Morgan fingerprint density at radius 3 is 2.88 bits per heavy atom. The maximum absolute atomic E-state index is 13.6. The van der Waals surface area contributed by atoms with Crippen LogP contribution in [-0.4, -0.2) is 24.8 Å². The van der Waals surface area contributed by atoms with Gasteiger partial charge in [0.05, 0.1) is 22.4 Å². The molecule has 0 atom stereocenters. The molecule has 24 heavy (non-hydrogen) atoms. The molecule has 0 spiro atoms. The smallest absolute Gasteiger partial charge is 0.265 e. The van der Waals surface area contributed by atoms with Crippen LogP contribution >= 0.6 is 11.6 Å². The van der Waals surface area contributed by atoms with Gasteiger partial charge in [-0.05, 0) is 24.3 Å². The Kier molecular flexibility index (Phi) is 3.45. The van der Waals surface area contributed by atoms with Crippen molar-refractivity contribution in [2.45, 2.75) is 19.8 Å². The average molecular weight is 348 g/mol. The molecule has 0 aliphatic rings. The third-order valence-corrected chi connectivity index (χ3v) is 4.20. The van der Waals surface area contributed by atoms with Crippen LogP contribution in [0.1, 0.15) is 24.7 Å². The highest BCUT2D eigenvalue weighted by Crippen LogP contribution is 2.35. The van der Waals surface area contributed by atoms with E-state index in [9.17, 15) is 8.78 Å². The Morgan fingerprint density at radius 1 is 1.29 bits per heavy atom. The minimum atomic E-state index is -2.64. The van der Waals surface area contributed by atoms with Gasteiger partial charge in [-0.25, -0.2) is 18.3 Å². The summed E-state index contributed by atoms with van der Waals surface area (Å²) < 4.78 is 28.6. The van der Waals surface area contributed by atoms with E-state index in [1.165, 1.54) is 10.6 Å². The number of nitrogens with zero attached hydrogens (tertiary/aromatic N) is 4. The molecule has 0 radical (unpaired) electrons. The van der Waals surface area contributed by atoms with Crippen molar-refractivity contribution < 1.29 is 8.78 Å². The van der Waals surface area contributed by atoms with Gasteiger partial charge in [0, 0.05) is 22.9 Å². The SMILES string of the molecule is CCc1nc2ccc(C(F)F)c(-c3cc(Cl)c4[nH]ncc4c3)n2n1. The van der Waals surface area contributed by atoms with Gasteiger partial charge >= 0.3 is 0 Å². The van der Waals surface area contributed by atoms with Crippen LogP contribution in [-0.2, 0) is 6.42 Å². The summed E-state index contributed by atoms with van der Waals surface area (Å²) in [6.07, 6.45) is -0.421. The van der Waals surface area contributed by atoms with E-state index in [0.717, 1.165) is 5.39 Å². The second kappa shape index (κ2) is 5.52. The molecule has 4 rings (SSSR count). The number of rotatable bonds is 3. The van der Waals surface area contributed by atoms with Crippen molar-refractivity contribution in [3.8, 4) is 11.3 Å². The maximum Gasteiger partial charge on any atom is 0.265 e. The first-order valence-corrected chi connectivity index (χ1v) is 7.76. The van der Waals surface area contributed by atoms with Crippen molar-refractivity contribution in [1.82, 2.24) is 24.8 Å². The van der Waals surface area contributed by atoms with Crippen LogP contribution in [0.2, 0.25) is 5.02 Å². The van der Waals surface area contributed by atoms with E-state index < -0.39 is 6.43 Å². The van der Waals surface area contributed by atoms with Gasteiger partial charge in [0.1, 0.15) is 0 Å². The predicted octanol–water partition coefficient (Wildman–Crippen LogP) is 4.43. The van der Waals surface area contributed by atoms with Crippen molar-refractivity contribution in [2.75, 3.05) is 0 Å². The summed E-state index contributed by atoms with van der Waals surface area (Å²) in [6.45, 7) is 1.91. The minimum absolute atomic E-state index is 0.117. The fourth-order valence-electron chi connectivity index (χ4n) is 2.77. The molecule has 0 saturated carbocycles. The molecule has 0 saturated heterocycles. The number of halogens is 3. The number of aryl methyl sites for hydroxylation is 1. The van der Waals surface area contributed by atoms with E-state index in [-0.39, 0.29) is 5.56 Å². The fraction of sp³-hybridized carbons (Fsp3) is 0.188. The van der Waals surface area contributed by atoms with Gasteiger partial charge in [0.2, 0.25) is 0 Å². The lowest BCUT2D eigenvalue weighted by molar-refractivity contribution is 0.151. The molecule has 122 valence electrons. The summed E-state index contributed by atoms with van der Waals surface area (Å²) in [5.74, 6) is 0.596. The first-order valence-electron chi connectivity index (χ1n) is 7.38. The van der Waals surface area contributed by atoms with Crippen LogP contribution in [0, 0.1) is 0 Å². The van der Waals surface area contributed by atoms with Crippen molar-refractivity contribution in [1.29, 1.82) is 0 Å². The number of nitrogens with one attached hydrogen (secondary N) is 1. The number of alkyl halides is 2. The summed E-state index contributed by atoms with van der Waals surface area (Å²) in [4.78, 5) is 4.35. The normalized spacial score (nSPS) is 11.9. The van der Waals surface area contributed by atoms with Crippen LogP contribution in [0.15, 0.2) is 30.5 Å². The number of hydrogen-bond acceptors (Lipinski definition) is 3. The van der Waals surface area contributed by atoms with Crippen LogP contribution in [0.5, 0.6) is 0 Å². The van der Waals surface area contributed by atoms with Gasteiger partial charge in [-0.1, -0.05) is 18.5 Å². The Morgan fingerprint density at radius 2 is 2.12 bits per heavy atom. The summed E-state index contributed by atoms with van der Waals surface area (Å²) in [7, 11) is 0. The van der Waals surface area contributed by atoms with Gasteiger partial charge < -0.3 is 0 Å². The molecule has 4 aromatic rings.